The SMILES string of the molecule is COc1ccc(F)c(F)c1C1CC1CNC(=O)O. The van der Waals surface area contributed by atoms with Crippen molar-refractivity contribution in [2.24, 2.45) is 5.92 Å². The third-order valence-electron chi connectivity index (χ3n) is 3.12. The van der Waals surface area contributed by atoms with Gasteiger partial charge in [-0.1, -0.05) is 0 Å². The fraction of sp³-hybridized carbons (Fsp3) is 0.417. The molecule has 1 aliphatic carbocycles. The summed E-state index contributed by atoms with van der Waals surface area (Å²) >= 11 is 0. The molecule has 0 aromatic heterocycles. The number of methoxy groups -OCH3 is 1. The van der Waals surface area contributed by atoms with E-state index in [9.17, 15) is 13.6 Å². The lowest BCUT2D eigenvalue weighted by molar-refractivity contribution is 0.194. The fourth-order valence-electron chi connectivity index (χ4n) is 2.12. The van der Waals surface area contributed by atoms with Gasteiger partial charge >= 0.3 is 6.09 Å². The summed E-state index contributed by atoms with van der Waals surface area (Å²) in [4.78, 5) is 10.3. The Balaban J connectivity index is 2.15. The number of hydrogen-bond donors (Lipinski definition) is 2. The molecule has 0 radical (unpaired) electrons. The Labute approximate surface area is 103 Å². The molecule has 0 heterocycles. The van der Waals surface area contributed by atoms with Gasteiger partial charge in [0.05, 0.1) is 7.11 Å². The van der Waals surface area contributed by atoms with Crippen molar-refractivity contribution in [1.29, 1.82) is 0 Å². The summed E-state index contributed by atoms with van der Waals surface area (Å²) in [6, 6.07) is 2.40. The monoisotopic (exact) mass is 257 g/mol. The van der Waals surface area contributed by atoms with Gasteiger partial charge in [-0.25, -0.2) is 13.6 Å². The molecule has 2 atom stereocenters. The average Bonchev–Trinajstić information content (AvgIpc) is 3.09. The molecule has 1 fully saturated rings. The first-order valence-corrected chi connectivity index (χ1v) is 5.53. The van der Waals surface area contributed by atoms with Gasteiger partial charge in [-0.15, -0.1) is 0 Å². The second-order valence-electron chi connectivity index (χ2n) is 4.27. The number of rotatable bonds is 4. The zero-order valence-electron chi connectivity index (χ0n) is 9.74. The number of amides is 1. The van der Waals surface area contributed by atoms with E-state index < -0.39 is 17.7 Å². The van der Waals surface area contributed by atoms with Crippen LogP contribution in [0.3, 0.4) is 0 Å². The maximum absolute atomic E-state index is 13.7. The third kappa shape index (κ3) is 2.37. The Hall–Kier alpha value is -1.85. The second-order valence-corrected chi connectivity index (χ2v) is 4.27. The molecule has 1 aromatic carbocycles. The molecule has 18 heavy (non-hydrogen) atoms. The third-order valence-corrected chi connectivity index (χ3v) is 3.12. The molecule has 0 saturated heterocycles. The van der Waals surface area contributed by atoms with Crippen LogP contribution in [0.25, 0.3) is 0 Å². The molecule has 2 unspecified atom stereocenters. The maximum atomic E-state index is 13.7. The van der Waals surface area contributed by atoms with E-state index in [1.165, 1.54) is 13.2 Å². The predicted octanol–water partition coefficient (Wildman–Crippen LogP) is 2.34. The van der Waals surface area contributed by atoms with Gasteiger partial charge in [-0.2, -0.15) is 0 Å². The summed E-state index contributed by atoms with van der Waals surface area (Å²) in [6.07, 6.45) is -0.496. The van der Waals surface area contributed by atoms with Crippen LogP contribution in [0.2, 0.25) is 0 Å². The number of carbonyl (C=O) groups is 1. The second kappa shape index (κ2) is 4.80. The van der Waals surface area contributed by atoms with E-state index in [2.05, 4.69) is 5.32 Å². The summed E-state index contributed by atoms with van der Waals surface area (Å²) in [5.41, 5.74) is 0.203. The molecule has 0 bridgehead atoms. The van der Waals surface area contributed by atoms with Crippen LogP contribution < -0.4 is 10.1 Å². The number of benzene rings is 1. The van der Waals surface area contributed by atoms with Crippen molar-refractivity contribution in [3.05, 3.63) is 29.3 Å². The van der Waals surface area contributed by atoms with Crippen molar-refractivity contribution >= 4 is 6.09 Å². The van der Waals surface area contributed by atoms with Gasteiger partial charge in [0.2, 0.25) is 0 Å². The Bertz CT molecular complexity index is 479. The number of hydrogen-bond acceptors (Lipinski definition) is 2. The molecule has 98 valence electrons. The summed E-state index contributed by atoms with van der Waals surface area (Å²) in [7, 11) is 1.39. The first-order chi connectivity index (χ1) is 8.54. The molecule has 4 nitrogen and oxygen atoms in total. The van der Waals surface area contributed by atoms with Crippen molar-refractivity contribution in [3.63, 3.8) is 0 Å². The van der Waals surface area contributed by atoms with Crippen LogP contribution in [0.15, 0.2) is 12.1 Å². The smallest absolute Gasteiger partial charge is 0.404 e. The number of nitrogens with one attached hydrogen (secondary N) is 1. The maximum Gasteiger partial charge on any atom is 0.404 e. The highest BCUT2D eigenvalue weighted by Crippen LogP contribution is 2.51. The summed E-state index contributed by atoms with van der Waals surface area (Å²) in [5.74, 6) is -1.72. The zero-order chi connectivity index (χ0) is 13.3. The van der Waals surface area contributed by atoms with Gasteiger partial charge in [-0.05, 0) is 30.4 Å². The minimum Gasteiger partial charge on any atom is -0.496 e. The molecule has 0 spiro atoms. The van der Waals surface area contributed by atoms with Gasteiger partial charge in [0.1, 0.15) is 5.75 Å². The van der Waals surface area contributed by atoms with Crippen molar-refractivity contribution in [2.75, 3.05) is 13.7 Å². The van der Waals surface area contributed by atoms with E-state index in [-0.39, 0.29) is 23.9 Å². The molecule has 1 saturated carbocycles. The highest BCUT2D eigenvalue weighted by Gasteiger charge is 2.42. The highest BCUT2D eigenvalue weighted by atomic mass is 19.2. The summed E-state index contributed by atoms with van der Waals surface area (Å²) in [5, 5.41) is 10.7. The Morgan fingerprint density at radius 3 is 2.89 bits per heavy atom. The van der Waals surface area contributed by atoms with Crippen LogP contribution in [-0.4, -0.2) is 24.9 Å². The Morgan fingerprint density at radius 2 is 2.28 bits per heavy atom. The van der Waals surface area contributed by atoms with Crippen molar-refractivity contribution < 1.29 is 23.4 Å². The molecular weight excluding hydrogens is 244 g/mol. The predicted molar refractivity (Wildman–Crippen MR) is 59.8 cm³/mol. The minimum atomic E-state index is -1.12. The Kier molecular flexibility index (Phi) is 3.36. The van der Waals surface area contributed by atoms with Crippen LogP contribution in [-0.2, 0) is 0 Å². The standard InChI is InChI=1S/C12H13F2NO3/c1-18-9-3-2-8(13)11(14)10(9)7-4-6(7)5-15-12(16)17/h2-3,6-7,15H,4-5H2,1H3,(H,16,17). The van der Waals surface area contributed by atoms with Gasteiger partial charge in [0.25, 0.3) is 0 Å². The fourth-order valence-corrected chi connectivity index (χ4v) is 2.12. The van der Waals surface area contributed by atoms with E-state index in [1.807, 2.05) is 0 Å². The lowest BCUT2D eigenvalue weighted by Gasteiger charge is -2.10. The van der Waals surface area contributed by atoms with Crippen LogP contribution in [0.5, 0.6) is 5.75 Å². The first-order valence-electron chi connectivity index (χ1n) is 5.53. The number of ether oxygens (including phenoxy) is 1. The molecular formula is C12H13F2NO3. The van der Waals surface area contributed by atoms with Gasteiger partial charge in [0.15, 0.2) is 11.6 Å². The summed E-state index contributed by atoms with van der Waals surface area (Å²) < 4.78 is 31.9. The average molecular weight is 257 g/mol. The summed E-state index contributed by atoms with van der Waals surface area (Å²) in [6.45, 7) is 0.235. The molecule has 1 amide bonds. The number of carboxylic acid groups (broad SMARTS) is 1. The minimum absolute atomic E-state index is 0.00806. The van der Waals surface area contributed by atoms with E-state index in [0.29, 0.717) is 12.2 Å². The quantitative estimate of drug-likeness (QED) is 0.870. The van der Waals surface area contributed by atoms with Gasteiger partial charge in [-0.3, -0.25) is 0 Å². The van der Waals surface area contributed by atoms with E-state index in [4.69, 9.17) is 9.84 Å². The molecule has 2 rings (SSSR count). The van der Waals surface area contributed by atoms with E-state index in [1.54, 1.807) is 0 Å². The van der Waals surface area contributed by atoms with E-state index in [0.717, 1.165) is 6.07 Å². The molecule has 6 heteroatoms. The Morgan fingerprint density at radius 1 is 1.56 bits per heavy atom. The molecule has 2 N–H and O–H groups in total. The van der Waals surface area contributed by atoms with Crippen LogP contribution in [0.1, 0.15) is 17.9 Å². The van der Waals surface area contributed by atoms with Crippen molar-refractivity contribution in [2.45, 2.75) is 12.3 Å². The van der Waals surface area contributed by atoms with Gasteiger partial charge < -0.3 is 15.2 Å². The lowest BCUT2D eigenvalue weighted by atomic mass is 10.1. The zero-order valence-corrected chi connectivity index (χ0v) is 9.74. The van der Waals surface area contributed by atoms with Crippen LogP contribution in [0, 0.1) is 17.6 Å². The van der Waals surface area contributed by atoms with Crippen molar-refractivity contribution in [3.8, 4) is 5.75 Å². The van der Waals surface area contributed by atoms with Crippen LogP contribution >= 0.6 is 0 Å². The number of halogens is 2. The van der Waals surface area contributed by atoms with E-state index >= 15 is 0 Å². The highest BCUT2D eigenvalue weighted by molar-refractivity contribution is 5.64. The molecule has 1 aliphatic rings. The topological polar surface area (TPSA) is 58.6 Å². The lowest BCUT2D eigenvalue weighted by Crippen LogP contribution is -2.23. The molecule has 1 aromatic rings. The first kappa shape index (κ1) is 12.6. The normalized spacial score (nSPS) is 21.5. The molecule has 0 aliphatic heterocycles. The largest absolute Gasteiger partial charge is 0.496 e. The van der Waals surface area contributed by atoms with Gasteiger partial charge in [0, 0.05) is 12.1 Å². The van der Waals surface area contributed by atoms with Crippen molar-refractivity contribution in [1.82, 2.24) is 5.32 Å². The van der Waals surface area contributed by atoms with Crippen LogP contribution in [0.4, 0.5) is 13.6 Å².